The van der Waals surface area contributed by atoms with Gasteiger partial charge < -0.3 is 9.64 Å². The molecular weight excluding hydrogens is 302 g/mol. The topological polar surface area (TPSA) is 63.7 Å². The van der Waals surface area contributed by atoms with E-state index >= 15 is 0 Å². The lowest BCUT2D eigenvalue weighted by Crippen LogP contribution is -2.44. The molecule has 22 heavy (non-hydrogen) atoms. The number of benzene rings is 1. The van der Waals surface area contributed by atoms with Crippen LogP contribution in [-0.4, -0.2) is 45.2 Å². The molecule has 0 aliphatic carbocycles. The van der Waals surface area contributed by atoms with Gasteiger partial charge >= 0.3 is 0 Å². The number of hydrogen-bond acceptors (Lipinski definition) is 4. The third kappa shape index (κ3) is 4.47. The lowest BCUT2D eigenvalue weighted by Gasteiger charge is -2.34. The van der Waals surface area contributed by atoms with Crippen LogP contribution in [0.15, 0.2) is 29.2 Å². The van der Waals surface area contributed by atoms with Gasteiger partial charge in [-0.25, -0.2) is 8.42 Å². The van der Waals surface area contributed by atoms with Gasteiger partial charge in [0.1, 0.15) is 5.75 Å². The van der Waals surface area contributed by atoms with Crippen LogP contribution in [0, 0.1) is 11.8 Å². The van der Waals surface area contributed by atoms with E-state index in [4.69, 9.17) is 4.74 Å². The summed E-state index contributed by atoms with van der Waals surface area (Å²) < 4.78 is 28.5. The van der Waals surface area contributed by atoms with Crippen LogP contribution in [0.2, 0.25) is 0 Å². The van der Waals surface area contributed by atoms with Crippen LogP contribution in [0.25, 0.3) is 0 Å². The largest absolute Gasteiger partial charge is 0.484 e. The maximum Gasteiger partial charge on any atom is 0.260 e. The number of nitrogens with zero attached hydrogens (tertiary/aromatic N) is 1. The van der Waals surface area contributed by atoms with Gasteiger partial charge in [-0.05, 0) is 36.5 Å². The molecule has 6 heteroatoms. The van der Waals surface area contributed by atoms with Crippen molar-refractivity contribution in [2.24, 2.45) is 11.8 Å². The SMILES string of the molecule is CC1CC(C)CN(C(=O)COc2cccc(S(C)(=O)=O)c2)C1. The fraction of sp³-hybridized carbons (Fsp3) is 0.562. The predicted octanol–water partition coefficient (Wildman–Crippen LogP) is 1.97. The summed E-state index contributed by atoms with van der Waals surface area (Å²) in [4.78, 5) is 14.3. The van der Waals surface area contributed by atoms with Crippen molar-refractivity contribution in [3.05, 3.63) is 24.3 Å². The molecule has 2 rings (SSSR count). The van der Waals surface area contributed by atoms with Crippen LogP contribution in [-0.2, 0) is 14.6 Å². The summed E-state index contributed by atoms with van der Waals surface area (Å²) in [6.45, 7) is 5.75. The Morgan fingerprint density at radius 1 is 1.27 bits per heavy atom. The zero-order valence-electron chi connectivity index (χ0n) is 13.3. The molecule has 1 aromatic carbocycles. The van der Waals surface area contributed by atoms with E-state index in [1.807, 2.05) is 4.90 Å². The molecule has 1 aliphatic rings. The average Bonchev–Trinajstić information content (AvgIpc) is 2.43. The summed E-state index contributed by atoms with van der Waals surface area (Å²) in [6.07, 6.45) is 2.29. The highest BCUT2D eigenvalue weighted by atomic mass is 32.2. The molecule has 0 spiro atoms. The summed E-state index contributed by atoms with van der Waals surface area (Å²) in [5, 5.41) is 0. The summed E-state index contributed by atoms with van der Waals surface area (Å²) >= 11 is 0. The molecule has 1 aliphatic heterocycles. The highest BCUT2D eigenvalue weighted by Crippen LogP contribution is 2.21. The molecule has 1 amide bonds. The molecule has 0 radical (unpaired) electrons. The Labute approximate surface area is 132 Å². The predicted molar refractivity (Wildman–Crippen MR) is 84.6 cm³/mol. The van der Waals surface area contributed by atoms with E-state index in [9.17, 15) is 13.2 Å². The van der Waals surface area contributed by atoms with Gasteiger partial charge in [0.2, 0.25) is 0 Å². The van der Waals surface area contributed by atoms with Crippen molar-refractivity contribution in [3.8, 4) is 5.75 Å². The second kappa shape index (κ2) is 6.69. The highest BCUT2D eigenvalue weighted by molar-refractivity contribution is 7.90. The first kappa shape index (κ1) is 16.8. The van der Waals surface area contributed by atoms with E-state index in [0.29, 0.717) is 17.6 Å². The van der Waals surface area contributed by atoms with E-state index < -0.39 is 9.84 Å². The Hall–Kier alpha value is -1.56. The van der Waals surface area contributed by atoms with Gasteiger partial charge in [-0.3, -0.25) is 4.79 Å². The minimum atomic E-state index is -3.27. The molecular formula is C16H23NO4S. The zero-order valence-corrected chi connectivity index (χ0v) is 14.1. The Bertz CT molecular complexity index is 631. The molecule has 122 valence electrons. The van der Waals surface area contributed by atoms with Crippen LogP contribution < -0.4 is 4.74 Å². The van der Waals surface area contributed by atoms with Gasteiger partial charge in [-0.1, -0.05) is 19.9 Å². The average molecular weight is 325 g/mol. The smallest absolute Gasteiger partial charge is 0.260 e. The Kier molecular flexibility index (Phi) is 5.11. The Morgan fingerprint density at radius 3 is 2.50 bits per heavy atom. The molecule has 2 atom stereocenters. The third-order valence-electron chi connectivity index (χ3n) is 3.82. The number of ether oxygens (including phenoxy) is 1. The minimum absolute atomic E-state index is 0.0526. The number of carbonyl (C=O) groups is 1. The first-order chi connectivity index (χ1) is 10.3. The summed E-state index contributed by atoms with van der Waals surface area (Å²) in [5.41, 5.74) is 0. The molecule has 0 saturated carbocycles. The summed E-state index contributed by atoms with van der Waals surface area (Å²) in [5.74, 6) is 1.35. The van der Waals surface area contributed by atoms with E-state index in [-0.39, 0.29) is 17.4 Å². The molecule has 5 nitrogen and oxygen atoms in total. The number of amides is 1. The van der Waals surface area contributed by atoms with Gasteiger partial charge in [0, 0.05) is 19.3 Å². The van der Waals surface area contributed by atoms with Crippen molar-refractivity contribution in [2.75, 3.05) is 26.0 Å². The molecule has 2 unspecified atom stereocenters. The van der Waals surface area contributed by atoms with Crippen LogP contribution in [0.4, 0.5) is 0 Å². The van der Waals surface area contributed by atoms with Crippen LogP contribution in [0.1, 0.15) is 20.3 Å². The van der Waals surface area contributed by atoms with E-state index in [0.717, 1.165) is 25.8 Å². The lowest BCUT2D eigenvalue weighted by atomic mass is 9.92. The lowest BCUT2D eigenvalue weighted by molar-refractivity contribution is -0.136. The fourth-order valence-electron chi connectivity index (χ4n) is 2.90. The second-order valence-electron chi connectivity index (χ2n) is 6.28. The van der Waals surface area contributed by atoms with Crippen molar-refractivity contribution in [2.45, 2.75) is 25.2 Å². The second-order valence-corrected chi connectivity index (χ2v) is 8.30. The molecule has 1 aromatic rings. The van der Waals surface area contributed by atoms with Crippen LogP contribution in [0.3, 0.4) is 0 Å². The van der Waals surface area contributed by atoms with E-state index in [1.54, 1.807) is 12.1 Å². The monoisotopic (exact) mass is 325 g/mol. The molecule has 0 bridgehead atoms. The number of carbonyl (C=O) groups excluding carboxylic acids is 1. The van der Waals surface area contributed by atoms with E-state index in [2.05, 4.69) is 13.8 Å². The van der Waals surface area contributed by atoms with Gasteiger partial charge in [-0.15, -0.1) is 0 Å². The van der Waals surface area contributed by atoms with Crippen molar-refractivity contribution < 1.29 is 17.9 Å². The molecule has 1 fully saturated rings. The first-order valence-corrected chi connectivity index (χ1v) is 9.35. The number of piperidine rings is 1. The Balaban J connectivity index is 1.97. The number of hydrogen-bond donors (Lipinski definition) is 0. The maximum atomic E-state index is 12.2. The standard InChI is InChI=1S/C16H23NO4S/c1-12-7-13(2)10-17(9-12)16(18)11-21-14-5-4-6-15(8-14)22(3,19)20/h4-6,8,12-13H,7,9-11H2,1-3H3. The molecule has 1 heterocycles. The van der Waals surface area contributed by atoms with Crippen molar-refractivity contribution >= 4 is 15.7 Å². The van der Waals surface area contributed by atoms with Gasteiger partial charge in [0.25, 0.3) is 5.91 Å². The molecule has 1 saturated heterocycles. The minimum Gasteiger partial charge on any atom is -0.484 e. The maximum absolute atomic E-state index is 12.2. The van der Waals surface area contributed by atoms with Gasteiger partial charge in [0.05, 0.1) is 4.90 Å². The van der Waals surface area contributed by atoms with Crippen LogP contribution in [0.5, 0.6) is 5.75 Å². The number of likely N-dealkylation sites (tertiary alicyclic amines) is 1. The number of sulfone groups is 1. The third-order valence-corrected chi connectivity index (χ3v) is 4.93. The molecule has 0 aromatic heterocycles. The number of rotatable bonds is 4. The van der Waals surface area contributed by atoms with Crippen molar-refractivity contribution in [1.29, 1.82) is 0 Å². The van der Waals surface area contributed by atoms with Gasteiger partial charge in [-0.2, -0.15) is 0 Å². The van der Waals surface area contributed by atoms with E-state index in [1.165, 1.54) is 12.1 Å². The summed E-state index contributed by atoms with van der Waals surface area (Å²) in [7, 11) is -3.27. The molecule has 0 N–H and O–H groups in total. The van der Waals surface area contributed by atoms with Crippen molar-refractivity contribution in [3.63, 3.8) is 0 Å². The van der Waals surface area contributed by atoms with Crippen LogP contribution >= 0.6 is 0 Å². The zero-order chi connectivity index (χ0) is 16.3. The fourth-order valence-corrected chi connectivity index (χ4v) is 3.55. The normalized spacial score (nSPS) is 22.4. The quantitative estimate of drug-likeness (QED) is 0.849. The van der Waals surface area contributed by atoms with Crippen molar-refractivity contribution in [1.82, 2.24) is 4.90 Å². The van der Waals surface area contributed by atoms with Gasteiger partial charge in [0.15, 0.2) is 16.4 Å². The highest BCUT2D eigenvalue weighted by Gasteiger charge is 2.25. The summed E-state index contributed by atoms with van der Waals surface area (Å²) in [6, 6.07) is 6.23. The first-order valence-electron chi connectivity index (χ1n) is 7.46. The Morgan fingerprint density at radius 2 is 1.91 bits per heavy atom.